The summed E-state index contributed by atoms with van der Waals surface area (Å²) in [6, 6.07) is 7.78. The van der Waals surface area contributed by atoms with E-state index in [9.17, 15) is 15.0 Å². The molecule has 116 valence electrons. The highest BCUT2D eigenvalue weighted by Gasteiger charge is 2.27. The van der Waals surface area contributed by atoms with Crippen molar-refractivity contribution in [2.75, 3.05) is 32.2 Å². The Morgan fingerprint density at radius 3 is 2.24 bits per heavy atom. The van der Waals surface area contributed by atoms with Crippen LogP contribution in [-0.2, 0) is 4.79 Å². The number of rotatable bonds is 7. The SMILES string of the molecule is CCC(CO)(CO)NC(=O)/C=C/c1ccc(N(C)C)cc1. The second kappa shape index (κ2) is 7.81. The van der Waals surface area contributed by atoms with Crippen molar-refractivity contribution in [1.29, 1.82) is 0 Å². The Kier molecular flexibility index (Phi) is 6.39. The molecule has 21 heavy (non-hydrogen) atoms. The molecule has 0 aliphatic carbocycles. The third-order valence-electron chi connectivity index (χ3n) is 3.51. The van der Waals surface area contributed by atoms with Crippen LogP contribution in [0, 0.1) is 0 Å². The fourth-order valence-corrected chi connectivity index (χ4v) is 1.80. The summed E-state index contributed by atoms with van der Waals surface area (Å²) in [6.45, 7) is 1.21. The summed E-state index contributed by atoms with van der Waals surface area (Å²) < 4.78 is 0. The Morgan fingerprint density at radius 2 is 1.81 bits per heavy atom. The highest BCUT2D eigenvalue weighted by Crippen LogP contribution is 2.13. The first-order valence-corrected chi connectivity index (χ1v) is 6.95. The summed E-state index contributed by atoms with van der Waals surface area (Å²) in [6.07, 6.45) is 3.56. The molecule has 1 aromatic rings. The van der Waals surface area contributed by atoms with Crippen molar-refractivity contribution in [3.8, 4) is 0 Å². The van der Waals surface area contributed by atoms with Crippen LogP contribution in [-0.4, -0.2) is 49.0 Å². The van der Waals surface area contributed by atoms with Crippen LogP contribution in [0.25, 0.3) is 6.08 Å². The van der Waals surface area contributed by atoms with Gasteiger partial charge < -0.3 is 20.4 Å². The van der Waals surface area contributed by atoms with Gasteiger partial charge in [-0.15, -0.1) is 0 Å². The Labute approximate surface area is 125 Å². The van der Waals surface area contributed by atoms with E-state index in [1.54, 1.807) is 13.0 Å². The molecule has 5 heteroatoms. The number of aliphatic hydroxyl groups is 2. The van der Waals surface area contributed by atoms with E-state index in [1.165, 1.54) is 6.08 Å². The van der Waals surface area contributed by atoms with Gasteiger partial charge in [-0.05, 0) is 30.2 Å². The molecule has 0 bridgehead atoms. The molecule has 0 atom stereocenters. The zero-order valence-electron chi connectivity index (χ0n) is 12.8. The third-order valence-corrected chi connectivity index (χ3v) is 3.51. The lowest BCUT2D eigenvalue weighted by Gasteiger charge is -2.29. The molecule has 0 heterocycles. The maximum Gasteiger partial charge on any atom is 0.244 e. The molecule has 1 amide bonds. The summed E-state index contributed by atoms with van der Waals surface area (Å²) in [5, 5.41) is 21.2. The minimum absolute atomic E-state index is 0.295. The Morgan fingerprint density at radius 1 is 1.24 bits per heavy atom. The standard InChI is InChI=1S/C16H24N2O3/c1-4-16(11-19,12-20)17-15(21)10-7-13-5-8-14(9-6-13)18(2)3/h5-10,19-20H,4,11-12H2,1-3H3,(H,17,21)/b10-7+. The average molecular weight is 292 g/mol. The predicted octanol–water partition coefficient (Wildman–Crippen LogP) is 1.02. The molecule has 0 aromatic heterocycles. The number of carbonyl (C=O) groups excluding carboxylic acids is 1. The second-order valence-electron chi connectivity index (χ2n) is 5.26. The molecule has 3 N–H and O–H groups in total. The molecule has 0 unspecified atom stereocenters. The Balaban J connectivity index is 2.69. The predicted molar refractivity (Wildman–Crippen MR) is 85.1 cm³/mol. The smallest absolute Gasteiger partial charge is 0.244 e. The Hall–Kier alpha value is -1.85. The fraction of sp³-hybridized carbons (Fsp3) is 0.438. The third kappa shape index (κ3) is 4.88. The van der Waals surface area contributed by atoms with Gasteiger partial charge in [0, 0.05) is 25.9 Å². The van der Waals surface area contributed by atoms with E-state index in [0.29, 0.717) is 6.42 Å². The van der Waals surface area contributed by atoms with Crippen molar-refractivity contribution in [2.45, 2.75) is 18.9 Å². The van der Waals surface area contributed by atoms with Crippen molar-refractivity contribution in [1.82, 2.24) is 5.32 Å². The quantitative estimate of drug-likeness (QED) is 0.656. The lowest BCUT2D eigenvalue weighted by molar-refractivity contribution is -0.119. The number of amides is 1. The normalized spacial score (nSPS) is 11.7. The molecule has 0 spiro atoms. The first-order chi connectivity index (χ1) is 9.96. The summed E-state index contributed by atoms with van der Waals surface area (Å²) in [5.41, 5.74) is 1.03. The lowest BCUT2D eigenvalue weighted by atomic mass is 9.98. The largest absolute Gasteiger partial charge is 0.394 e. The van der Waals surface area contributed by atoms with Crippen LogP contribution in [0.15, 0.2) is 30.3 Å². The van der Waals surface area contributed by atoms with E-state index >= 15 is 0 Å². The van der Waals surface area contributed by atoms with E-state index in [2.05, 4.69) is 5.32 Å². The number of anilines is 1. The minimum Gasteiger partial charge on any atom is -0.394 e. The molecule has 0 fully saturated rings. The molecular formula is C16H24N2O3. The summed E-state index contributed by atoms with van der Waals surface area (Å²) in [7, 11) is 3.93. The van der Waals surface area contributed by atoms with Crippen LogP contribution in [0.5, 0.6) is 0 Å². The number of benzene rings is 1. The monoisotopic (exact) mass is 292 g/mol. The van der Waals surface area contributed by atoms with Crippen molar-refractivity contribution < 1.29 is 15.0 Å². The molecule has 0 aliphatic rings. The van der Waals surface area contributed by atoms with Crippen LogP contribution in [0.3, 0.4) is 0 Å². The first kappa shape index (κ1) is 17.2. The second-order valence-corrected chi connectivity index (χ2v) is 5.26. The fourth-order valence-electron chi connectivity index (χ4n) is 1.80. The molecular weight excluding hydrogens is 268 g/mol. The molecule has 0 saturated heterocycles. The summed E-state index contributed by atoms with van der Waals surface area (Å²) in [5.74, 6) is -0.336. The number of hydrogen-bond acceptors (Lipinski definition) is 4. The summed E-state index contributed by atoms with van der Waals surface area (Å²) in [4.78, 5) is 13.9. The van der Waals surface area contributed by atoms with E-state index in [1.807, 2.05) is 43.3 Å². The number of aliphatic hydroxyl groups excluding tert-OH is 2. The van der Waals surface area contributed by atoms with Crippen LogP contribution in [0.1, 0.15) is 18.9 Å². The topological polar surface area (TPSA) is 72.8 Å². The van der Waals surface area contributed by atoms with Gasteiger partial charge in [0.05, 0.1) is 18.8 Å². The lowest BCUT2D eigenvalue weighted by Crippen LogP contribution is -2.53. The zero-order chi connectivity index (χ0) is 15.9. The van der Waals surface area contributed by atoms with Gasteiger partial charge in [-0.2, -0.15) is 0 Å². The van der Waals surface area contributed by atoms with E-state index in [4.69, 9.17) is 0 Å². The van der Waals surface area contributed by atoms with Gasteiger partial charge in [0.1, 0.15) is 0 Å². The molecule has 5 nitrogen and oxygen atoms in total. The van der Waals surface area contributed by atoms with Gasteiger partial charge >= 0.3 is 0 Å². The number of nitrogens with zero attached hydrogens (tertiary/aromatic N) is 1. The van der Waals surface area contributed by atoms with Crippen LogP contribution in [0.2, 0.25) is 0 Å². The minimum atomic E-state index is -0.962. The van der Waals surface area contributed by atoms with Crippen molar-refractivity contribution in [3.05, 3.63) is 35.9 Å². The van der Waals surface area contributed by atoms with Gasteiger partial charge in [-0.1, -0.05) is 19.1 Å². The number of hydrogen-bond donors (Lipinski definition) is 3. The average Bonchev–Trinajstić information content (AvgIpc) is 2.51. The highest BCUT2D eigenvalue weighted by molar-refractivity contribution is 5.92. The van der Waals surface area contributed by atoms with Crippen LogP contribution >= 0.6 is 0 Å². The van der Waals surface area contributed by atoms with Gasteiger partial charge in [-0.25, -0.2) is 0 Å². The Bertz CT molecular complexity index is 469. The van der Waals surface area contributed by atoms with E-state index in [0.717, 1.165) is 11.3 Å². The highest BCUT2D eigenvalue weighted by atomic mass is 16.3. The summed E-state index contributed by atoms with van der Waals surface area (Å²) >= 11 is 0. The molecule has 1 aromatic carbocycles. The van der Waals surface area contributed by atoms with Crippen molar-refractivity contribution >= 4 is 17.7 Å². The zero-order valence-corrected chi connectivity index (χ0v) is 12.8. The van der Waals surface area contributed by atoms with Crippen LogP contribution < -0.4 is 10.2 Å². The first-order valence-electron chi connectivity index (χ1n) is 6.95. The van der Waals surface area contributed by atoms with Gasteiger partial charge in [0.15, 0.2) is 0 Å². The maximum atomic E-state index is 11.9. The molecule has 0 aliphatic heterocycles. The van der Waals surface area contributed by atoms with Gasteiger partial charge in [-0.3, -0.25) is 4.79 Å². The maximum absolute atomic E-state index is 11.9. The van der Waals surface area contributed by atoms with Crippen LogP contribution in [0.4, 0.5) is 5.69 Å². The van der Waals surface area contributed by atoms with Gasteiger partial charge in [0.2, 0.25) is 5.91 Å². The van der Waals surface area contributed by atoms with E-state index in [-0.39, 0.29) is 19.1 Å². The van der Waals surface area contributed by atoms with E-state index < -0.39 is 5.54 Å². The van der Waals surface area contributed by atoms with Crippen molar-refractivity contribution in [3.63, 3.8) is 0 Å². The molecule has 0 saturated carbocycles. The molecule has 1 rings (SSSR count). The number of carbonyl (C=O) groups is 1. The van der Waals surface area contributed by atoms with Gasteiger partial charge in [0.25, 0.3) is 0 Å². The number of nitrogens with one attached hydrogen (secondary N) is 1. The molecule has 0 radical (unpaired) electrons. The van der Waals surface area contributed by atoms with Crippen molar-refractivity contribution in [2.24, 2.45) is 0 Å².